The zero-order chi connectivity index (χ0) is 24.8. The molecule has 1 aromatic rings. The Morgan fingerprint density at radius 3 is 2.28 bits per heavy atom. The SMILES string of the molecule is O=C(c1ccc(N2CCC(NCC3(N4CCOCC4)CCCCCC3)CC2)cc1)N1CCC[C@@H](O)C1. The van der Waals surface area contributed by atoms with Gasteiger partial charge in [0, 0.05) is 68.6 Å². The first kappa shape index (κ1) is 26.0. The summed E-state index contributed by atoms with van der Waals surface area (Å²) in [4.78, 5) is 19.8. The molecule has 1 amide bonds. The number of benzene rings is 1. The molecule has 5 rings (SSSR count). The lowest BCUT2D eigenvalue weighted by atomic mass is 9.86. The largest absolute Gasteiger partial charge is 0.391 e. The minimum absolute atomic E-state index is 0.0379. The van der Waals surface area contributed by atoms with E-state index in [0.717, 1.165) is 83.7 Å². The Balaban J connectivity index is 1.12. The van der Waals surface area contributed by atoms with Gasteiger partial charge in [0.15, 0.2) is 0 Å². The molecule has 0 unspecified atom stereocenters. The number of nitrogens with zero attached hydrogens (tertiary/aromatic N) is 3. The van der Waals surface area contributed by atoms with Gasteiger partial charge in [-0.25, -0.2) is 0 Å². The molecule has 200 valence electrons. The molecule has 4 aliphatic rings. The van der Waals surface area contributed by atoms with Crippen molar-refractivity contribution in [1.29, 1.82) is 0 Å². The Hall–Kier alpha value is -1.67. The maximum Gasteiger partial charge on any atom is 0.253 e. The Labute approximate surface area is 217 Å². The first-order valence-electron chi connectivity index (χ1n) is 14.5. The number of likely N-dealkylation sites (tertiary alicyclic amines) is 1. The number of hydrogen-bond acceptors (Lipinski definition) is 6. The molecule has 1 saturated carbocycles. The summed E-state index contributed by atoms with van der Waals surface area (Å²) in [6, 6.07) is 8.69. The van der Waals surface area contributed by atoms with E-state index in [2.05, 4.69) is 27.2 Å². The third-order valence-corrected chi connectivity index (χ3v) is 9.09. The van der Waals surface area contributed by atoms with Crippen molar-refractivity contribution in [3.05, 3.63) is 29.8 Å². The van der Waals surface area contributed by atoms with Gasteiger partial charge in [0.1, 0.15) is 0 Å². The molecule has 4 fully saturated rings. The van der Waals surface area contributed by atoms with E-state index in [9.17, 15) is 9.90 Å². The Bertz CT molecular complexity index is 825. The molecule has 1 aliphatic carbocycles. The summed E-state index contributed by atoms with van der Waals surface area (Å²) in [7, 11) is 0. The fourth-order valence-electron chi connectivity index (χ4n) is 6.84. The Morgan fingerprint density at radius 1 is 0.917 bits per heavy atom. The highest BCUT2D eigenvalue weighted by molar-refractivity contribution is 5.94. The van der Waals surface area contributed by atoms with Crippen LogP contribution >= 0.6 is 0 Å². The first-order valence-corrected chi connectivity index (χ1v) is 14.5. The number of amides is 1. The normalized spacial score (nSPS) is 26.5. The van der Waals surface area contributed by atoms with Gasteiger partial charge in [0.25, 0.3) is 5.91 Å². The van der Waals surface area contributed by atoms with Crippen LogP contribution < -0.4 is 10.2 Å². The summed E-state index contributed by atoms with van der Waals surface area (Å²) >= 11 is 0. The maximum absolute atomic E-state index is 12.8. The first-order chi connectivity index (χ1) is 17.6. The smallest absolute Gasteiger partial charge is 0.253 e. The number of carbonyl (C=O) groups is 1. The van der Waals surface area contributed by atoms with Gasteiger partial charge in [-0.3, -0.25) is 9.69 Å². The van der Waals surface area contributed by atoms with Gasteiger partial charge >= 0.3 is 0 Å². The second-order valence-electron chi connectivity index (χ2n) is 11.5. The van der Waals surface area contributed by atoms with Crippen molar-refractivity contribution in [1.82, 2.24) is 15.1 Å². The van der Waals surface area contributed by atoms with Gasteiger partial charge in [-0.05, 0) is 62.8 Å². The summed E-state index contributed by atoms with van der Waals surface area (Å²) in [5.41, 5.74) is 2.24. The van der Waals surface area contributed by atoms with Crippen molar-refractivity contribution in [2.24, 2.45) is 0 Å². The van der Waals surface area contributed by atoms with Crippen molar-refractivity contribution in [3.8, 4) is 0 Å². The summed E-state index contributed by atoms with van der Waals surface area (Å²) in [6.45, 7) is 8.32. The topological polar surface area (TPSA) is 68.3 Å². The molecule has 3 saturated heterocycles. The molecule has 7 nitrogen and oxygen atoms in total. The van der Waals surface area contributed by atoms with Gasteiger partial charge in [0.2, 0.25) is 0 Å². The van der Waals surface area contributed by atoms with E-state index in [-0.39, 0.29) is 12.0 Å². The molecule has 0 aromatic heterocycles. The van der Waals surface area contributed by atoms with E-state index in [1.54, 1.807) is 4.90 Å². The second kappa shape index (κ2) is 12.2. The lowest BCUT2D eigenvalue weighted by Crippen LogP contribution is -2.59. The number of ether oxygens (including phenoxy) is 1. The third-order valence-electron chi connectivity index (χ3n) is 9.09. The van der Waals surface area contributed by atoms with Gasteiger partial charge < -0.3 is 25.0 Å². The fourth-order valence-corrected chi connectivity index (χ4v) is 6.84. The summed E-state index contributed by atoms with van der Waals surface area (Å²) in [5, 5.41) is 13.9. The molecule has 3 heterocycles. The number of aliphatic hydroxyl groups excluding tert-OH is 1. The standard InChI is InChI=1S/C29H46N4O3/c34-27-6-5-15-32(22-27)28(35)24-7-9-26(10-8-24)31-16-11-25(12-17-31)30-23-29(13-3-1-2-4-14-29)33-18-20-36-21-19-33/h7-10,25,27,30,34H,1-6,11-23H2/t27-/m1/s1. The fraction of sp³-hybridized carbons (Fsp3) is 0.759. The number of β-amino-alcohol motifs (C(OH)–C–C–N with tert-alkyl or cyclic N) is 1. The molecular formula is C29H46N4O3. The maximum atomic E-state index is 12.8. The quantitative estimate of drug-likeness (QED) is 0.587. The molecular weight excluding hydrogens is 452 g/mol. The van der Waals surface area contributed by atoms with E-state index in [0.29, 0.717) is 18.1 Å². The average Bonchev–Trinajstić information content (AvgIpc) is 3.19. The number of carbonyl (C=O) groups excluding carboxylic acids is 1. The molecule has 2 N–H and O–H groups in total. The van der Waals surface area contributed by atoms with Crippen LogP contribution in [0.25, 0.3) is 0 Å². The predicted molar refractivity (Wildman–Crippen MR) is 144 cm³/mol. The minimum atomic E-state index is -0.386. The number of anilines is 1. The summed E-state index contributed by atoms with van der Waals surface area (Å²) in [5.74, 6) is 0.0379. The molecule has 1 atom stereocenters. The van der Waals surface area contributed by atoms with Crippen LogP contribution in [0.15, 0.2) is 24.3 Å². The van der Waals surface area contributed by atoms with Crippen molar-refractivity contribution < 1.29 is 14.6 Å². The van der Waals surface area contributed by atoms with Gasteiger partial charge in [-0.15, -0.1) is 0 Å². The predicted octanol–water partition coefficient (Wildman–Crippen LogP) is 3.27. The van der Waals surface area contributed by atoms with Crippen LogP contribution in [0.5, 0.6) is 0 Å². The van der Waals surface area contributed by atoms with Crippen LogP contribution in [-0.4, -0.2) is 97.5 Å². The van der Waals surface area contributed by atoms with Gasteiger partial charge in [-0.1, -0.05) is 25.7 Å². The number of nitrogens with one attached hydrogen (secondary N) is 1. The van der Waals surface area contributed by atoms with Crippen LogP contribution in [0.3, 0.4) is 0 Å². The lowest BCUT2D eigenvalue weighted by molar-refractivity contribution is -0.0298. The van der Waals surface area contributed by atoms with E-state index >= 15 is 0 Å². The highest BCUT2D eigenvalue weighted by Gasteiger charge is 2.38. The number of rotatable bonds is 6. The highest BCUT2D eigenvalue weighted by Crippen LogP contribution is 2.33. The zero-order valence-corrected chi connectivity index (χ0v) is 22.0. The van der Waals surface area contributed by atoms with Crippen LogP contribution in [0.2, 0.25) is 0 Å². The molecule has 7 heteroatoms. The van der Waals surface area contributed by atoms with E-state index in [1.165, 1.54) is 44.2 Å². The van der Waals surface area contributed by atoms with Gasteiger partial charge in [0.05, 0.1) is 19.3 Å². The monoisotopic (exact) mass is 498 g/mol. The van der Waals surface area contributed by atoms with Crippen LogP contribution in [-0.2, 0) is 4.74 Å². The molecule has 0 radical (unpaired) electrons. The molecule has 0 bridgehead atoms. The lowest BCUT2D eigenvalue weighted by Gasteiger charge is -2.47. The Kier molecular flexibility index (Phi) is 8.83. The molecule has 36 heavy (non-hydrogen) atoms. The zero-order valence-electron chi connectivity index (χ0n) is 22.0. The van der Waals surface area contributed by atoms with Crippen LogP contribution in [0.4, 0.5) is 5.69 Å². The van der Waals surface area contributed by atoms with Crippen molar-refractivity contribution in [2.45, 2.75) is 81.9 Å². The van der Waals surface area contributed by atoms with E-state index in [4.69, 9.17) is 4.74 Å². The molecule has 1 aromatic carbocycles. The van der Waals surface area contributed by atoms with Crippen molar-refractivity contribution in [2.75, 3.05) is 63.9 Å². The summed E-state index contributed by atoms with van der Waals surface area (Å²) in [6.07, 6.45) is 11.7. The van der Waals surface area contributed by atoms with Crippen molar-refractivity contribution >= 4 is 11.6 Å². The summed E-state index contributed by atoms with van der Waals surface area (Å²) < 4.78 is 5.67. The third kappa shape index (κ3) is 6.24. The average molecular weight is 499 g/mol. The van der Waals surface area contributed by atoms with Crippen LogP contribution in [0.1, 0.15) is 74.6 Å². The second-order valence-corrected chi connectivity index (χ2v) is 11.5. The number of aliphatic hydroxyl groups is 1. The minimum Gasteiger partial charge on any atom is -0.391 e. The van der Waals surface area contributed by atoms with Crippen molar-refractivity contribution in [3.63, 3.8) is 0 Å². The van der Waals surface area contributed by atoms with E-state index < -0.39 is 0 Å². The number of piperidine rings is 2. The van der Waals surface area contributed by atoms with Crippen LogP contribution in [0, 0.1) is 0 Å². The van der Waals surface area contributed by atoms with Gasteiger partial charge in [-0.2, -0.15) is 0 Å². The highest BCUT2D eigenvalue weighted by atomic mass is 16.5. The van der Waals surface area contributed by atoms with E-state index in [1.807, 2.05) is 12.1 Å². The molecule has 0 spiro atoms. The Morgan fingerprint density at radius 2 is 1.61 bits per heavy atom. The number of morpholine rings is 1. The molecule has 3 aliphatic heterocycles. The number of hydrogen-bond donors (Lipinski definition) is 2.